The number of hydrogen-bond donors (Lipinski definition) is 0. The van der Waals surface area contributed by atoms with Crippen LogP contribution in [-0.4, -0.2) is 51.5 Å². The Morgan fingerprint density at radius 1 is 1.10 bits per heavy atom. The zero-order valence-corrected chi connectivity index (χ0v) is 17.9. The number of fused-ring (bicyclic) bond motifs is 1. The molecule has 31 heavy (non-hydrogen) atoms. The minimum atomic E-state index is -0.534. The minimum absolute atomic E-state index is 0.0322. The molecule has 0 fully saturated rings. The molecule has 2 aromatic carbocycles. The second-order valence-corrected chi connectivity index (χ2v) is 6.82. The Morgan fingerprint density at radius 2 is 1.81 bits per heavy atom. The number of esters is 1. The van der Waals surface area contributed by atoms with E-state index in [9.17, 15) is 14.9 Å². The summed E-state index contributed by atoms with van der Waals surface area (Å²) in [7, 11) is 3.79. The summed E-state index contributed by atoms with van der Waals surface area (Å²) in [4.78, 5) is 27.2. The van der Waals surface area contributed by atoms with Gasteiger partial charge < -0.3 is 28.7 Å². The molecule has 0 aliphatic carbocycles. The van der Waals surface area contributed by atoms with E-state index >= 15 is 0 Å². The van der Waals surface area contributed by atoms with Gasteiger partial charge in [0.15, 0.2) is 11.5 Å². The summed E-state index contributed by atoms with van der Waals surface area (Å²) in [5, 5.41) is 11.9. The van der Waals surface area contributed by atoms with E-state index in [2.05, 4.69) is 0 Å². The first-order valence-electron chi connectivity index (χ1n) is 9.81. The molecule has 1 heterocycles. The van der Waals surface area contributed by atoms with Crippen molar-refractivity contribution in [3.63, 3.8) is 0 Å². The number of benzene rings is 2. The van der Waals surface area contributed by atoms with E-state index in [1.54, 1.807) is 13.0 Å². The second kappa shape index (κ2) is 9.41. The molecule has 166 valence electrons. The molecule has 0 N–H and O–H groups in total. The topological polar surface area (TPSA) is 104 Å². The van der Waals surface area contributed by atoms with E-state index < -0.39 is 10.9 Å². The van der Waals surface area contributed by atoms with Crippen molar-refractivity contribution in [2.75, 3.05) is 50.4 Å². The number of nitrogens with zero attached hydrogens (tertiary/aromatic N) is 3. The summed E-state index contributed by atoms with van der Waals surface area (Å²) in [6.07, 6.45) is 0. The number of anilines is 3. The van der Waals surface area contributed by atoms with E-state index in [1.165, 1.54) is 17.0 Å². The first-order valence-corrected chi connectivity index (χ1v) is 9.81. The summed E-state index contributed by atoms with van der Waals surface area (Å²) in [6, 6.07) is 8.21. The number of nitro groups is 1. The maximum Gasteiger partial charge on any atom is 0.325 e. The molecule has 0 bridgehead atoms. The van der Waals surface area contributed by atoms with Gasteiger partial charge in [-0.1, -0.05) is 0 Å². The molecule has 0 radical (unpaired) electrons. The lowest BCUT2D eigenvalue weighted by atomic mass is 10.1. The molecule has 0 saturated heterocycles. The van der Waals surface area contributed by atoms with Crippen molar-refractivity contribution in [1.29, 1.82) is 0 Å². The monoisotopic (exact) mass is 431 g/mol. The van der Waals surface area contributed by atoms with Gasteiger partial charge in [0, 0.05) is 31.9 Å². The van der Waals surface area contributed by atoms with E-state index in [-0.39, 0.29) is 37.1 Å². The van der Waals surface area contributed by atoms with E-state index in [0.29, 0.717) is 23.8 Å². The van der Waals surface area contributed by atoms with Crippen molar-refractivity contribution in [2.45, 2.75) is 13.8 Å². The molecule has 1 aliphatic heterocycles. The number of carbonyl (C=O) groups is 1. The van der Waals surface area contributed by atoms with Crippen molar-refractivity contribution in [2.24, 2.45) is 0 Å². The molecule has 0 amide bonds. The summed E-state index contributed by atoms with van der Waals surface area (Å²) in [5.74, 6) is 0.579. The van der Waals surface area contributed by atoms with Crippen LogP contribution >= 0.6 is 0 Å². The molecule has 2 aromatic rings. The van der Waals surface area contributed by atoms with Crippen molar-refractivity contribution < 1.29 is 28.7 Å². The van der Waals surface area contributed by atoms with Gasteiger partial charge in [-0.2, -0.15) is 0 Å². The Morgan fingerprint density at radius 3 is 2.42 bits per heavy atom. The van der Waals surface area contributed by atoms with Crippen LogP contribution in [0, 0.1) is 10.1 Å². The third-order valence-corrected chi connectivity index (χ3v) is 4.60. The molecule has 0 aromatic heterocycles. The van der Waals surface area contributed by atoms with Crippen LogP contribution in [-0.2, 0) is 9.53 Å². The van der Waals surface area contributed by atoms with Crippen LogP contribution in [0.3, 0.4) is 0 Å². The summed E-state index contributed by atoms with van der Waals surface area (Å²) in [5.41, 5.74) is 1.31. The van der Waals surface area contributed by atoms with Crippen LogP contribution in [0.1, 0.15) is 13.8 Å². The van der Waals surface area contributed by atoms with Gasteiger partial charge in [-0.15, -0.1) is 0 Å². The molecule has 0 spiro atoms. The van der Waals surface area contributed by atoms with Gasteiger partial charge >= 0.3 is 5.97 Å². The van der Waals surface area contributed by atoms with Crippen LogP contribution in [0.4, 0.5) is 22.7 Å². The van der Waals surface area contributed by atoms with Crippen LogP contribution in [0.25, 0.3) is 0 Å². The highest BCUT2D eigenvalue weighted by molar-refractivity contribution is 5.86. The van der Waals surface area contributed by atoms with E-state index in [4.69, 9.17) is 18.9 Å². The first-order chi connectivity index (χ1) is 14.8. The Labute approximate surface area is 180 Å². The number of ether oxygens (including phenoxy) is 4. The third kappa shape index (κ3) is 4.73. The predicted molar refractivity (Wildman–Crippen MR) is 115 cm³/mol. The SMILES string of the molecule is CCOC(=O)CN(c1ccc(N(C)C)cc1OCC)c1cc2c(cc1[N+](=O)[O-])OCO2. The van der Waals surface area contributed by atoms with Gasteiger partial charge in [0.25, 0.3) is 5.69 Å². The van der Waals surface area contributed by atoms with Gasteiger partial charge in [-0.05, 0) is 26.0 Å². The minimum Gasteiger partial charge on any atom is -0.492 e. The summed E-state index contributed by atoms with van der Waals surface area (Å²) in [6.45, 7) is 3.81. The Bertz CT molecular complexity index is 978. The predicted octanol–water partition coefficient (Wildman–Crippen LogP) is 3.49. The maximum absolute atomic E-state index is 12.4. The van der Waals surface area contributed by atoms with Crippen LogP contribution in [0.15, 0.2) is 30.3 Å². The van der Waals surface area contributed by atoms with Gasteiger partial charge in [0.05, 0.1) is 29.9 Å². The van der Waals surface area contributed by atoms with Crippen LogP contribution < -0.4 is 24.0 Å². The molecule has 1 aliphatic rings. The lowest BCUT2D eigenvalue weighted by Gasteiger charge is -2.27. The van der Waals surface area contributed by atoms with Crippen molar-refractivity contribution in [3.8, 4) is 17.2 Å². The fourth-order valence-corrected chi connectivity index (χ4v) is 3.19. The summed E-state index contributed by atoms with van der Waals surface area (Å²) < 4.78 is 21.6. The van der Waals surface area contributed by atoms with Gasteiger partial charge in [-0.25, -0.2) is 0 Å². The average molecular weight is 431 g/mol. The number of rotatable bonds is 9. The van der Waals surface area contributed by atoms with Gasteiger partial charge in [0.1, 0.15) is 18.0 Å². The largest absolute Gasteiger partial charge is 0.492 e. The first kappa shape index (κ1) is 22.0. The highest BCUT2D eigenvalue weighted by Crippen LogP contribution is 2.46. The highest BCUT2D eigenvalue weighted by atomic mass is 16.7. The molecule has 10 nitrogen and oxygen atoms in total. The molecule has 10 heteroatoms. The normalized spacial score (nSPS) is 11.7. The van der Waals surface area contributed by atoms with E-state index in [0.717, 1.165) is 5.69 Å². The molecule has 3 rings (SSSR count). The summed E-state index contributed by atoms with van der Waals surface area (Å²) >= 11 is 0. The Kier molecular flexibility index (Phi) is 6.68. The molecule has 0 saturated carbocycles. The van der Waals surface area contributed by atoms with Crippen molar-refractivity contribution in [3.05, 3.63) is 40.4 Å². The second-order valence-electron chi connectivity index (χ2n) is 6.82. The number of nitro benzene ring substituents is 1. The van der Waals surface area contributed by atoms with Gasteiger partial charge in [0.2, 0.25) is 6.79 Å². The lowest BCUT2D eigenvalue weighted by molar-refractivity contribution is -0.384. The zero-order valence-electron chi connectivity index (χ0n) is 17.9. The quantitative estimate of drug-likeness (QED) is 0.335. The Hall–Kier alpha value is -3.69. The lowest BCUT2D eigenvalue weighted by Crippen LogP contribution is -2.28. The van der Waals surface area contributed by atoms with Crippen molar-refractivity contribution >= 4 is 28.7 Å². The fourth-order valence-electron chi connectivity index (χ4n) is 3.19. The number of hydrogen-bond acceptors (Lipinski definition) is 9. The van der Waals surface area contributed by atoms with E-state index in [1.807, 2.05) is 38.1 Å². The molecule has 0 unspecified atom stereocenters. The van der Waals surface area contributed by atoms with Gasteiger partial charge in [-0.3, -0.25) is 14.9 Å². The standard InChI is InChI=1S/C21H25N3O7/c1-5-28-18-9-14(22(3)4)7-8-15(18)23(12-21(25)29-6-2)16-10-19-20(31-13-30-19)11-17(16)24(26)27/h7-11H,5-6,12-13H2,1-4H3. The zero-order chi connectivity index (χ0) is 22.5. The smallest absolute Gasteiger partial charge is 0.325 e. The molecular formula is C21H25N3O7. The average Bonchev–Trinajstić information content (AvgIpc) is 3.19. The Balaban J connectivity index is 2.19. The molecular weight excluding hydrogens is 406 g/mol. The van der Waals surface area contributed by atoms with Crippen molar-refractivity contribution in [1.82, 2.24) is 0 Å². The third-order valence-electron chi connectivity index (χ3n) is 4.60. The van der Waals surface area contributed by atoms with Crippen LogP contribution in [0.5, 0.6) is 17.2 Å². The fraction of sp³-hybridized carbons (Fsp3) is 0.381. The highest BCUT2D eigenvalue weighted by Gasteiger charge is 2.30. The number of carbonyl (C=O) groups excluding carboxylic acids is 1. The maximum atomic E-state index is 12.4. The van der Waals surface area contributed by atoms with Crippen LogP contribution in [0.2, 0.25) is 0 Å². The molecule has 0 atom stereocenters.